The molecule has 8 nitrogen and oxygen atoms in total. The van der Waals surface area contributed by atoms with Crippen molar-refractivity contribution < 1.29 is 33.3 Å². The Bertz CT molecular complexity index is 921. The maximum Gasteiger partial charge on any atom is 0.412 e. The van der Waals surface area contributed by atoms with E-state index in [9.17, 15) is 9.59 Å². The normalized spacial score (nSPS) is 14.3. The van der Waals surface area contributed by atoms with Crippen LogP contribution in [0.1, 0.15) is 106 Å². The van der Waals surface area contributed by atoms with Crippen LogP contribution in [0.5, 0.6) is 5.75 Å². The van der Waals surface area contributed by atoms with Crippen LogP contribution in [-0.4, -0.2) is 50.2 Å². The molecule has 1 N–H and O–H groups in total. The number of carbonyl (C=O) groups is 2. The first kappa shape index (κ1) is 37.4. The molecular formula is C34H57NO7. The summed E-state index contributed by atoms with van der Waals surface area (Å²) in [6.07, 6.45) is 6.67. The SMILES string of the molecule is CCCCOC(=O)/C(=C/CC[C@H](OCCC)[C@@H](CCC(C)C)[C@H](C)OCc1ccc(OC)cc1)NC(=O)OC(C)(C)C. The fourth-order valence-corrected chi connectivity index (χ4v) is 4.39. The number of alkyl carbamates (subject to hydrolysis) is 1. The number of rotatable bonds is 20. The molecule has 1 aromatic rings. The molecule has 42 heavy (non-hydrogen) atoms. The van der Waals surface area contributed by atoms with Gasteiger partial charge in [0.05, 0.1) is 32.5 Å². The van der Waals surface area contributed by atoms with Gasteiger partial charge in [-0.15, -0.1) is 0 Å². The zero-order valence-corrected chi connectivity index (χ0v) is 27.6. The van der Waals surface area contributed by atoms with Gasteiger partial charge in [0.2, 0.25) is 0 Å². The lowest BCUT2D eigenvalue weighted by Gasteiger charge is -2.32. The number of benzene rings is 1. The van der Waals surface area contributed by atoms with Gasteiger partial charge in [0.1, 0.15) is 17.0 Å². The lowest BCUT2D eigenvalue weighted by atomic mass is 9.86. The molecule has 0 saturated heterocycles. The van der Waals surface area contributed by atoms with E-state index in [1.165, 1.54) is 0 Å². The molecule has 0 aromatic heterocycles. The Hall–Kier alpha value is -2.58. The summed E-state index contributed by atoms with van der Waals surface area (Å²) < 4.78 is 28.8. The van der Waals surface area contributed by atoms with Gasteiger partial charge in [0, 0.05) is 12.5 Å². The Balaban J connectivity index is 3.08. The molecule has 0 saturated carbocycles. The summed E-state index contributed by atoms with van der Waals surface area (Å²) in [7, 11) is 1.66. The monoisotopic (exact) mass is 591 g/mol. The smallest absolute Gasteiger partial charge is 0.412 e. The molecule has 0 heterocycles. The summed E-state index contributed by atoms with van der Waals surface area (Å²) in [5, 5.41) is 2.61. The third-order valence-electron chi connectivity index (χ3n) is 6.75. The fourth-order valence-electron chi connectivity index (χ4n) is 4.39. The summed E-state index contributed by atoms with van der Waals surface area (Å²) in [6.45, 7) is 17.5. The van der Waals surface area contributed by atoms with Crippen molar-refractivity contribution in [3.63, 3.8) is 0 Å². The zero-order valence-electron chi connectivity index (χ0n) is 27.6. The van der Waals surface area contributed by atoms with E-state index < -0.39 is 17.7 Å². The largest absolute Gasteiger partial charge is 0.497 e. The van der Waals surface area contributed by atoms with Crippen molar-refractivity contribution in [2.45, 2.75) is 125 Å². The molecule has 8 heteroatoms. The summed E-state index contributed by atoms with van der Waals surface area (Å²) >= 11 is 0. The highest BCUT2D eigenvalue weighted by Gasteiger charge is 2.29. The number of ether oxygens (including phenoxy) is 5. The maximum atomic E-state index is 12.8. The van der Waals surface area contributed by atoms with Gasteiger partial charge < -0.3 is 23.7 Å². The van der Waals surface area contributed by atoms with Crippen molar-refractivity contribution in [3.05, 3.63) is 41.6 Å². The molecule has 0 unspecified atom stereocenters. The van der Waals surface area contributed by atoms with Gasteiger partial charge in [0.15, 0.2) is 0 Å². The second kappa shape index (κ2) is 20.3. The van der Waals surface area contributed by atoms with Gasteiger partial charge in [-0.1, -0.05) is 58.7 Å². The van der Waals surface area contributed by atoms with Gasteiger partial charge in [-0.3, -0.25) is 5.32 Å². The molecule has 0 fully saturated rings. The van der Waals surface area contributed by atoms with E-state index in [1.54, 1.807) is 34.0 Å². The predicted molar refractivity (Wildman–Crippen MR) is 167 cm³/mol. The number of carbonyl (C=O) groups excluding carboxylic acids is 2. The number of amides is 1. The predicted octanol–water partition coefficient (Wildman–Crippen LogP) is 7.98. The number of hydrogen-bond acceptors (Lipinski definition) is 7. The van der Waals surface area contributed by atoms with Gasteiger partial charge in [-0.05, 0) is 83.4 Å². The van der Waals surface area contributed by atoms with Crippen molar-refractivity contribution in [2.24, 2.45) is 11.8 Å². The van der Waals surface area contributed by atoms with Crippen LogP contribution in [0.2, 0.25) is 0 Å². The van der Waals surface area contributed by atoms with Crippen LogP contribution in [-0.2, 0) is 30.3 Å². The molecule has 1 rings (SSSR count). The van der Waals surface area contributed by atoms with Crippen molar-refractivity contribution >= 4 is 12.1 Å². The van der Waals surface area contributed by atoms with Crippen LogP contribution in [0.25, 0.3) is 0 Å². The average molecular weight is 592 g/mol. The van der Waals surface area contributed by atoms with Crippen LogP contribution in [0.3, 0.4) is 0 Å². The van der Waals surface area contributed by atoms with Gasteiger partial charge in [-0.2, -0.15) is 0 Å². The van der Waals surface area contributed by atoms with E-state index in [0.717, 1.165) is 43.4 Å². The van der Waals surface area contributed by atoms with Crippen molar-refractivity contribution in [1.29, 1.82) is 0 Å². The van der Waals surface area contributed by atoms with Crippen LogP contribution in [0.4, 0.5) is 4.79 Å². The summed E-state index contributed by atoms with van der Waals surface area (Å²) in [5.41, 5.74) is 0.488. The maximum absolute atomic E-state index is 12.8. The number of hydrogen-bond donors (Lipinski definition) is 1. The minimum absolute atomic E-state index is 0.0462. The van der Waals surface area contributed by atoms with Crippen molar-refractivity contribution in [3.8, 4) is 5.75 Å². The standard InChI is InChI=1S/C34H57NO7/c1-10-12-23-40-32(36)30(35-33(37)42-34(6,7)8)14-13-15-31(39-22-11-2)29(21-16-25(3)4)26(5)41-24-27-17-19-28(38-9)20-18-27/h14,17-20,25-26,29,31H,10-13,15-16,21-24H2,1-9H3,(H,35,37)/b30-14-/t26-,29-,31-/m0/s1. The lowest BCUT2D eigenvalue weighted by molar-refractivity contribution is -0.139. The fraction of sp³-hybridized carbons (Fsp3) is 0.706. The second-order valence-corrected chi connectivity index (χ2v) is 12.2. The van der Waals surface area contributed by atoms with Crippen molar-refractivity contribution in [1.82, 2.24) is 5.32 Å². The highest BCUT2D eigenvalue weighted by Crippen LogP contribution is 2.28. The van der Waals surface area contributed by atoms with Crippen LogP contribution in [0, 0.1) is 11.8 Å². The van der Waals surface area contributed by atoms with E-state index in [1.807, 2.05) is 31.2 Å². The molecule has 240 valence electrons. The zero-order chi connectivity index (χ0) is 31.5. The highest BCUT2D eigenvalue weighted by molar-refractivity contribution is 5.92. The molecular weight excluding hydrogens is 534 g/mol. The molecule has 0 bridgehead atoms. The van der Waals surface area contributed by atoms with E-state index in [4.69, 9.17) is 23.7 Å². The van der Waals surface area contributed by atoms with Crippen LogP contribution < -0.4 is 10.1 Å². The van der Waals surface area contributed by atoms with E-state index in [0.29, 0.717) is 38.6 Å². The Morgan fingerprint density at radius 1 is 0.929 bits per heavy atom. The third-order valence-corrected chi connectivity index (χ3v) is 6.75. The first-order valence-corrected chi connectivity index (χ1v) is 15.6. The number of nitrogens with one attached hydrogen (secondary N) is 1. The average Bonchev–Trinajstić information content (AvgIpc) is 2.93. The van der Waals surface area contributed by atoms with Crippen molar-refractivity contribution in [2.75, 3.05) is 20.3 Å². The molecule has 0 radical (unpaired) electrons. The van der Waals surface area contributed by atoms with E-state index in [-0.39, 0.29) is 23.8 Å². The number of esters is 1. The van der Waals surface area contributed by atoms with Crippen LogP contribution >= 0.6 is 0 Å². The third kappa shape index (κ3) is 16.2. The van der Waals surface area contributed by atoms with Gasteiger partial charge >= 0.3 is 12.1 Å². The number of methoxy groups -OCH3 is 1. The first-order chi connectivity index (χ1) is 19.9. The number of allylic oxidation sites excluding steroid dienone is 1. The minimum Gasteiger partial charge on any atom is -0.497 e. The molecule has 0 aliphatic heterocycles. The Morgan fingerprint density at radius 3 is 2.19 bits per heavy atom. The topological polar surface area (TPSA) is 92.3 Å². The summed E-state index contributed by atoms with van der Waals surface area (Å²) in [5.74, 6) is 0.963. The quantitative estimate of drug-likeness (QED) is 0.0933. The molecule has 1 aromatic carbocycles. The second-order valence-electron chi connectivity index (χ2n) is 12.2. The summed E-state index contributed by atoms with van der Waals surface area (Å²) in [6, 6.07) is 7.91. The molecule has 3 atom stereocenters. The van der Waals surface area contributed by atoms with E-state index >= 15 is 0 Å². The number of unbranched alkanes of at least 4 members (excludes halogenated alkanes) is 1. The first-order valence-electron chi connectivity index (χ1n) is 15.6. The molecule has 0 aliphatic carbocycles. The Morgan fingerprint density at radius 2 is 1.62 bits per heavy atom. The Labute approximate surface area is 254 Å². The molecule has 1 amide bonds. The van der Waals surface area contributed by atoms with Gasteiger partial charge in [-0.25, -0.2) is 9.59 Å². The van der Waals surface area contributed by atoms with E-state index in [2.05, 4.69) is 33.0 Å². The molecule has 0 aliphatic rings. The lowest BCUT2D eigenvalue weighted by Crippen LogP contribution is -2.35. The Kier molecular flexibility index (Phi) is 18.1. The highest BCUT2D eigenvalue weighted by atomic mass is 16.6. The van der Waals surface area contributed by atoms with Crippen LogP contribution in [0.15, 0.2) is 36.0 Å². The summed E-state index contributed by atoms with van der Waals surface area (Å²) in [4.78, 5) is 25.3. The minimum atomic E-state index is -0.689. The molecule has 0 spiro atoms. The van der Waals surface area contributed by atoms with Gasteiger partial charge in [0.25, 0.3) is 0 Å².